The first-order chi connectivity index (χ1) is 5.81. The van der Waals surface area contributed by atoms with Gasteiger partial charge in [0.15, 0.2) is 0 Å². The summed E-state index contributed by atoms with van der Waals surface area (Å²) >= 11 is 0. The Hall–Kier alpha value is -0.890. The normalized spacial score (nSPS) is 36.9. The minimum atomic E-state index is -0.174. The van der Waals surface area contributed by atoms with Crippen molar-refractivity contribution in [3.8, 4) is 0 Å². The summed E-state index contributed by atoms with van der Waals surface area (Å²) in [6.45, 7) is 0. The molecule has 0 bridgehead atoms. The fourth-order valence-electron chi connectivity index (χ4n) is 1.99. The Morgan fingerprint density at radius 1 is 1.33 bits per heavy atom. The Labute approximate surface area is 70.2 Å². The van der Waals surface area contributed by atoms with Crippen molar-refractivity contribution in [2.45, 2.75) is 24.5 Å². The van der Waals surface area contributed by atoms with Crippen LogP contribution in [0.15, 0.2) is 24.3 Å². The van der Waals surface area contributed by atoms with Crippen LogP contribution in [0.3, 0.4) is 0 Å². The molecule has 62 valence electrons. The summed E-state index contributed by atoms with van der Waals surface area (Å²) in [5.74, 6) is -0.174. The fraction of sp³-hybridized carbons (Fsp3) is 0.400. The van der Waals surface area contributed by atoms with E-state index in [2.05, 4.69) is 0 Å². The quantitative estimate of drug-likeness (QED) is 0.580. The number of epoxide rings is 1. The lowest BCUT2D eigenvalue weighted by atomic mass is 9.80. The van der Waals surface area contributed by atoms with Gasteiger partial charge in [-0.2, -0.15) is 0 Å². The summed E-state index contributed by atoms with van der Waals surface area (Å²) in [5, 5.41) is 0. The van der Waals surface area contributed by atoms with Crippen LogP contribution >= 0.6 is 0 Å². The van der Waals surface area contributed by atoms with Crippen molar-refractivity contribution < 1.29 is 9.13 Å². The minimum absolute atomic E-state index is 0.00764. The average molecular weight is 164 g/mol. The molecule has 0 N–H and O–H groups in total. The zero-order valence-corrected chi connectivity index (χ0v) is 6.59. The zero-order valence-electron chi connectivity index (χ0n) is 6.59. The van der Waals surface area contributed by atoms with Gasteiger partial charge in [0.25, 0.3) is 0 Å². The highest BCUT2D eigenvalue weighted by Crippen LogP contribution is 2.60. The van der Waals surface area contributed by atoms with Gasteiger partial charge in [0.05, 0.1) is 6.10 Å². The van der Waals surface area contributed by atoms with Crippen LogP contribution in [0, 0.1) is 5.82 Å². The Kier molecular flexibility index (Phi) is 1.04. The maximum absolute atomic E-state index is 12.6. The lowest BCUT2D eigenvalue weighted by Crippen LogP contribution is -2.22. The number of halogens is 1. The monoisotopic (exact) mass is 164 g/mol. The molecule has 2 aliphatic rings. The molecule has 2 unspecified atom stereocenters. The van der Waals surface area contributed by atoms with Crippen molar-refractivity contribution >= 4 is 0 Å². The van der Waals surface area contributed by atoms with Crippen LogP contribution in [0.4, 0.5) is 4.39 Å². The highest BCUT2D eigenvalue weighted by molar-refractivity contribution is 5.33. The van der Waals surface area contributed by atoms with E-state index in [1.54, 1.807) is 0 Å². The van der Waals surface area contributed by atoms with E-state index in [4.69, 9.17) is 4.74 Å². The van der Waals surface area contributed by atoms with Crippen LogP contribution in [0.25, 0.3) is 0 Å². The van der Waals surface area contributed by atoms with Gasteiger partial charge >= 0.3 is 0 Å². The molecule has 0 radical (unpaired) electrons. The molecule has 3 rings (SSSR count). The largest absolute Gasteiger partial charge is 0.361 e. The summed E-state index contributed by atoms with van der Waals surface area (Å²) in [6.07, 6.45) is 2.70. The van der Waals surface area contributed by atoms with Gasteiger partial charge in [-0.15, -0.1) is 0 Å². The van der Waals surface area contributed by atoms with Gasteiger partial charge < -0.3 is 4.74 Å². The van der Waals surface area contributed by atoms with Crippen LogP contribution in [0.2, 0.25) is 0 Å². The Morgan fingerprint density at radius 3 is 2.50 bits per heavy atom. The first-order valence-electron chi connectivity index (χ1n) is 4.25. The summed E-state index contributed by atoms with van der Waals surface area (Å²) < 4.78 is 18.1. The molecule has 2 atom stereocenters. The van der Waals surface area contributed by atoms with Crippen LogP contribution < -0.4 is 0 Å². The Morgan fingerprint density at radius 2 is 2.08 bits per heavy atom. The molecule has 2 heteroatoms. The lowest BCUT2D eigenvalue weighted by Gasteiger charge is -2.19. The highest BCUT2D eigenvalue weighted by atomic mass is 19.1. The van der Waals surface area contributed by atoms with E-state index in [1.807, 2.05) is 12.1 Å². The van der Waals surface area contributed by atoms with Gasteiger partial charge in [-0.25, -0.2) is 4.39 Å². The minimum Gasteiger partial charge on any atom is -0.361 e. The maximum Gasteiger partial charge on any atom is 0.123 e. The van der Waals surface area contributed by atoms with E-state index in [0.717, 1.165) is 18.4 Å². The third-order valence-corrected chi connectivity index (χ3v) is 2.93. The van der Waals surface area contributed by atoms with E-state index in [1.165, 1.54) is 12.1 Å². The summed E-state index contributed by atoms with van der Waals surface area (Å²) in [4.78, 5) is 0. The van der Waals surface area contributed by atoms with E-state index >= 15 is 0 Å². The van der Waals surface area contributed by atoms with E-state index in [0.29, 0.717) is 6.10 Å². The summed E-state index contributed by atoms with van der Waals surface area (Å²) in [5.41, 5.74) is 1.15. The van der Waals surface area contributed by atoms with Gasteiger partial charge in [0.1, 0.15) is 11.4 Å². The zero-order chi connectivity index (χ0) is 8.18. The molecule has 1 heterocycles. The van der Waals surface area contributed by atoms with Crippen molar-refractivity contribution in [2.24, 2.45) is 0 Å². The maximum atomic E-state index is 12.6. The topological polar surface area (TPSA) is 12.5 Å². The Bertz CT molecular complexity index is 315. The molecule has 0 aromatic heterocycles. The molecular formula is C10H9FO. The number of fused-ring (bicyclic) bond motifs is 1. The molecule has 1 aliphatic heterocycles. The first kappa shape index (κ1) is 6.61. The van der Waals surface area contributed by atoms with Gasteiger partial charge in [-0.05, 0) is 30.5 Å². The van der Waals surface area contributed by atoms with Crippen LogP contribution in [-0.2, 0) is 10.3 Å². The van der Waals surface area contributed by atoms with Gasteiger partial charge in [-0.1, -0.05) is 12.1 Å². The van der Waals surface area contributed by atoms with Gasteiger partial charge in [0.2, 0.25) is 0 Å². The van der Waals surface area contributed by atoms with Crippen molar-refractivity contribution in [1.82, 2.24) is 0 Å². The molecule has 0 amide bonds. The van der Waals surface area contributed by atoms with Crippen molar-refractivity contribution in [3.63, 3.8) is 0 Å². The van der Waals surface area contributed by atoms with Crippen LogP contribution in [-0.4, -0.2) is 6.10 Å². The molecule has 1 aromatic carbocycles. The fourth-order valence-corrected chi connectivity index (χ4v) is 1.99. The number of rotatable bonds is 1. The molecule has 1 saturated heterocycles. The second-order valence-corrected chi connectivity index (χ2v) is 3.54. The van der Waals surface area contributed by atoms with Gasteiger partial charge in [-0.3, -0.25) is 0 Å². The Balaban J connectivity index is 1.98. The molecule has 1 aromatic rings. The standard InChI is InChI=1S/C10H9FO/c11-8-3-1-7(2-4-8)10-6-5-9(10)12-10/h1-4,9H,5-6H2. The van der Waals surface area contributed by atoms with E-state index in [9.17, 15) is 4.39 Å². The molecule has 1 saturated carbocycles. The van der Waals surface area contributed by atoms with Crippen molar-refractivity contribution in [2.75, 3.05) is 0 Å². The van der Waals surface area contributed by atoms with E-state index < -0.39 is 0 Å². The predicted molar refractivity (Wildman–Crippen MR) is 42.2 cm³/mol. The third-order valence-electron chi connectivity index (χ3n) is 2.93. The predicted octanol–water partition coefficient (Wildman–Crippen LogP) is 2.21. The summed E-state index contributed by atoms with van der Waals surface area (Å²) in [6, 6.07) is 6.66. The number of benzene rings is 1. The second-order valence-electron chi connectivity index (χ2n) is 3.54. The molecule has 2 fully saturated rings. The summed E-state index contributed by atoms with van der Waals surface area (Å²) in [7, 11) is 0. The molecule has 12 heavy (non-hydrogen) atoms. The molecular weight excluding hydrogens is 155 g/mol. The van der Waals surface area contributed by atoms with Crippen LogP contribution in [0.1, 0.15) is 18.4 Å². The third kappa shape index (κ3) is 0.661. The van der Waals surface area contributed by atoms with E-state index in [-0.39, 0.29) is 11.4 Å². The molecule has 1 nitrogen and oxygen atoms in total. The second kappa shape index (κ2) is 1.88. The number of hydrogen-bond acceptors (Lipinski definition) is 1. The molecule has 0 spiro atoms. The average Bonchev–Trinajstić information content (AvgIpc) is 2.57. The van der Waals surface area contributed by atoms with Crippen LogP contribution in [0.5, 0.6) is 0 Å². The SMILES string of the molecule is Fc1ccc(C23CCC2O3)cc1. The number of hydrogen-bond donors (Lipinski definition) is 0. The smallest absolute Gasteiger partial charge is 0.123 e. The number of ether oxygens (including phenoxy) is 1. The lowest BCUT2D eigenvalue weighted by molar-refractivity contribution is 0.319. The highest BCUT2D eigenvalue weighted by Gasteiger charge is 2.64. The molecule has 1 aliphatic carbocycles. The van der Waals surface area contributed by atoms with Gasteiger partial charge in [0, 0.05) is 0 Å². The van der Waals surface area contributed by atoms with Crippen molar-refractivity contribution in [1.29, 1.82) is 0 Å². The van der Waals surface area contributed by atoms with Crippen molar-refractivity contribution in [3.05, 3.63) is 35.6 Å². The first-order valence-corrected chi connectivity index (χ1v) is 4.25.